The molecular weight excluding hydrogens is 468 g/mol. The predicted octanol–water partition coefficient (Wildman–Crippen LogP) is 6.83. The van der Waals surface area contributed by atoms with Crippen LogP contribution >= 0.6 is 0 Å². The predicted molar refractivity (Wildman–Crippen MR) is 146 cm³/mol. The van der Waals surface area contributed by atoms with Crippen molar-refractivity contribution in [2.45, 2.75) is 0 Å². The van der Waals surface area contributed by atoms with E-state index in [0.717, 1.165) is 44.4 Å². The minimum Gasteiger partial charge on any atom is -0.255 e. The van der Waals surface area contributed by atoms with Crippen molar-refractivity contribution in [3.63, 3.8) is 0 Å². The molecular formula is C32H18N6. The maximum Gasteiger partial charge on any atom is 0.0992 e. The number of hydrogen-bond acceptors (Lipinski definition) is 6. The fraction of sp³-hybridized carbons (Fsp3) is 0. The molecule has 0 amide bonds. The molecule has 0 aliphatic rings. The third kappa shape index (κ3) is 4.46. The van der Waals surface area contributed by atoms with Crippen molar-refractivity contribution in [3.8, 4) is 57.2 Å². The summed E-state index contributed by atoms with van der Waals surface area (Å²) in [7, 11) is 0. The van der Waals surface area contributed by atoms with Gasteiger partial charge in [0.15, 0.2) is 0 Å². The van der Waals surface area contributed by atoms with E-state index in [4.69, 9.17) is 10.5 Å². The fourth-order valence-corrected chi connectivity index (χ4v) is 4.32. The number of fused-ring (bicyclic) bond motifs is 1. The molecule has 6 heteroatoms. The minimum absolute atomic E-state index is 0.559. The Hall–Kier alpha value is -5.72. The van der Waals surface area contributed by atoms with Gasteiger partial charge in [0.2, 0.25) is 0 Å². The van der Waals surface area contributed by atoms with E-state index in [-0.39, 0.29) is 0 Å². The average molecular weight is 487 g/mol. The van der Waals surface area contributed by atoms with Crippen molar-refractivity contribution in [1.82, 2.24) is 19.9 Å². The molecule has 176 valence electrons. The van der Waals surface area contributed by atoms with E-state index >= 15 is 0 Å². The minimum atomic E-state index is 0.559. The lowest BCUT2D eigenvalue weighted by molar-refractivity contribution is 1.24. The summed E-state index contributed by atoms with van der Waals surface area (Å²) in [5, 5.41) is 20.5. The second-order valence-corrected chi connectivity index (χ2v) is 8.72. The number of rotatable bonds is 4. The van der Waals surface area contributed by atoms with E-state index in [9.17, 15) is 0 Å². The monoisotopic (exact) mass is 486 g/mol. The van der Waals surface area contributed by atoms with Crippen LogP contribution in [0, 0.1) is 22.7 Å². The first-order chi connectivity index (χ1) is 18.7. The van der Waals surface area contributed by atoms with Gasteiger partial charge in [0, 0.05) is 35.9 Å². The Morgan fingerprint density at radius 3 is 1.26 bits per heavy atom. The van der Waals surface area contributed by atoms with Gasteiger partial charge in [-0.25, -0.2) is 0 Å². The molecule has 0 aliphatic carbocycles. The second kappa shape index (κ2) is 9.73. The number of aromatic nitrogens is 4. The number of pyridine rings is 4. The highest BCUT2D eigenvalue weighted by Crippen LogP contribution is 2.29. The lowest BCUT2D eigenvalue weighted by atomic mass is 9.98. The summed E-state index contributed by atoms with van der Waals surface area (Å²) in [5.74, 6) is 0. The molecule has 0 N–H and O–H groups in total. The molecule has 6 rings (SSSR count). The van der Waals surface area contributed by atoms with Gasteiger partial charge in [-0.2, -0.15) is 10.5 Å². The van der Waals surface area contributed by atoms with Gasteiger partial charge in [0.1, 0.15) is 0 Å². The van der Waals surface area contributed by atoms with Gasteiger partial charge in [0.05, 0.1) is 46.0 Å². The lowest BCUT2D eigenvalue weighted by Gasteiger charge is -2.08. The van der Waals surface area contributed by atoms with Crippen molar-refractivity contribution < 1.29 is 0 Å². The van der Waals surface area contributed by atoms with E-state index in [0.29, 0.717) is 22.5 Å². The van der Waals surface area contributed by atoms with Crippen LogP contribution < -0.4 is 0 Å². The first-order valence-corrected chi connectivity index (χ1v) is 11.9. The highest BCUT2D eigenvalue weighted by molar-refractivity contribution is 5.90. The van der Waals surface area contributed by atoms with Crippen LogP contribution in [0.2, 0.25) is 0 Å². The molecule has 0 fully saturated rings. The van der Waals surface area contributed by atoms with E-state index in [2.05, 4.69) is 68.5 Å². The summed E-state index contributed by atoms with van der Waals surface area (Å²) in [5.41, 5.74) is 8.08. The molecule has 38 heavy (non-hydrogen) atoms. The molecule has 0 aliphatic heterocycles. The quantitative estimate of drug-likeness (QED) is 0.271. The van der Waals surface area contributed by atoms with Gasteiger partial charge in [0.25, 0.3) is 0 Å². The Bertz CT molecular complexity index is 1740. The Balaban J connectivity index is 1.25. The molecule has 0 spiro atoms. The maximum atomic E-state index is 9.13. The van der Waals surface area contributed by atoms with Crippen LogP contribution in [0.5, 0.6) is 0 Å². The van der Waals surface area contributed by atoms with Crippen LogP contribution in [-0.2, 0) is 0 Å². The van der Waals surface area contributed by atoms with Crippen molar-refractivity contribution in [3.05, 3.63) is 121 Å². The smallest absolute Gasteiger partial charge is 0.0992 e. The van der Waals surface area contributed by atoms with Gasteiger partial charge >= 0.3 is 0 Å². The molecule has 6 nitrogen and oxygen atoms in total. The van der Waals surface area contributed by atoms with E-state index in [1.807, 2.05) is 36.7 Å². The second-order valence-electron chi connectivity index (χ2n) is 8.72. The molecule has 4 heterocycles. The zero-order valence-corrected chi connectivity index (χ0v) is 20.1. The van der Waals surface area contributed by atoms with Crippen molar-refractivity contribution in [2.75, 3.05) is 0 Å². The molecule has 0 saturated heterocycles. The van der Waals surface area contributed by atoms with Gasteiger partial charge in [-0.15, -0.1) is 0 Å². The topological polar surface area (TPSA) is 99.1 Å². The van der Waals surface area contributed by atoms with Gasteiger partial charge in [-0.05, 0) is 70.4 Å². The van der Waals surface area contributed by atoms with Gasteiger partial charge < -0.3 is 0 Å². The highest BCUT2D eigenvalue weighted by atomic mass is 14.8. The molecule has 0 bridgehead atoms. The number of nitriles is 2. The van der Waals surface area contributed by atoms with Crippen LogP contribution in [0.15, 0.2) is 110 Å². The summed E-state index contributed by atoms with van der Waals surface area (Å²) in [6.07, 6.45) is 6.91. The molecule has 6 aromatic rings. The summed E-state index contributed by atoms with van der Waals surface area (Å²) < 4.78 is 0. The molecule has 0 saturated carbocycles. The zero-order valence-electron chi connectivity index (χ0n) is 20.1. The number of hydrogen-bond donors (Lipinski definition) is 0. The Morgan fingerprint density at radius 2 is 0.868 bits per heavy atom. The first kappa shape index (κ1) is 22.7. The summed E-state index contributed by atoms with van der Waals surface area (Å²) in [6, 6.07) is 31.7. The Morgan fingerprint density at radius 1 is 0.421 bits per heavy atom. The van der Waals surface area contributed by atoms with Crippen molar-refractivity contribution in [1.29, 1.82) is 10.5 Å². The third-order valence-corrected chi connectivity index (χ3v) is 6.34. The van der Waals surface area contributed by atoms with E-state index in [1.165, 1.54) is 0 Å². The molecule has 4 aromatic heterocycles. The summed E-state index contributed by atoms with van der Waals surface area (Å²) in [4.78, 5) is 17.8. The number of nitrogens with zero attached hydrogens (tertiary/aromatic N) is 6. The third-order valence-electron chi connectivity index (χ3n) is 6.34. The van der Waals surface area contributed by atoms with Crippen molar-refractivity contribution >= 4 is 10.8 Å². The van der Waals surface area contributed by atoms with Crippen LogP contribution in [0.4, 0.5) is 0 Å². The first-order valence-electron chi connectivity index (χ1n) is 11.9. The maximum absolute atomic E-state index is 9.13. The van der Waals surface area contributed by atoms with E-state index < -0.39 is 0 Å². The van der Waals surface area contributed by atoms with Crippen LogP contribution in [0.1, 0.15) is 11.1 Å². The molecule has 0 atom stereocenters. The van der Waals surface area contributed by atoms with Crippen LogP contribution in [0.25, 0.3) is 55.8 Å². The molecule has 2 aromatic carbocycles. The largest absolute Gasteiger partial charge is 0.255 e. The van der Waals surface area contributed by atoms with Crippen LogP contribution in [-0.4, -0.2) is 19.9 Å². The molecule has 0 unspecified atom stereocenters. The van der Waals surface area contributed by atoms with Gasteiger partial charge in [-0.1, -0.05) is 36.4 Å². The molecule has 0 radical (unpaired) electrons. The fourth-order valence-electron chi connectivity index (χ4n) is 4.32. The van der Waals surface area contributed by atoms with E-state index in [1.54, 1.807) is 36.7 Å². The number of benzene rings is 2. The SMILES string of the molecule is N#Cc1ccnc(-c2ccc(-c3ccc4cc(-c5ccc(-c6cc(C#N)ccn6)nc5)ccc4c3)cn2)c1. The highest BCUT2D eigenvalue weighted by Gasteiger charge is 2.08. The Kier molecular flexibility index (Phi) is 5.82. The van der Waals surface area contributed by atoms with Gasteiger partial charge in [-0.3, -0.25) is 19.9 Å². The normalized spacial score (nSPS) is 10.6. The summed E-state index contributed by atoms with van der Waals surface area (Å²) in [6.45, 7) is 0. The zero-order chi connectivity index (χ0) is 25.9. The Labute approximate surface area is 219 Å². The van der Waals surface area contributed by atoms with Crippen molar-refractivity contribution in [2.24, 2.45) is 0 Å². The summed E-state index contributed by atoms with van der Waals surface area (Å²) >= 11 is 0. The lowest BCUT2D eigenvalue weighted by Crippen LogP contribution is -1.90. The van der Waals surface area contributed by atoms with Crippen LogP contribution in [0.3, 0.4) is 0 Å². The average Bonchev–Trinajstić information content (AvgIpc) is 3.01. The standard InChI is InChI=1S/C32H18N6/c33-17-21-9-11-35-31(13-21)29-7-5-27(19-37-29)25-3-1-23-15-26(4-2-24(23)16-25)28-6-8-30(38-20-28)32-14-22(18-34)10-12-36-32/h1-16,19-20H.